The van der Waals surface area contributed by atoms with Crippen molar-refractivity contribution in [3.63, 3.8) is 0 Å². The molecule has 0 saturated carbocycles. The highest BCUT2D eigenvalue weighted by Gasteiger charge is 2.15. The molecule has 2 N–H and O–H groups in total. The van der Waals surface area contributed by atoms with E-state index in [0.29, 0.717) is 5.56 Å². The van der Waals surface area contributed by atoms with Gasteiger partial charge in [0.2, 0.25) is 5.89 Å². The molecule has 1 heterocycles. The fourth-order valence-corrected chi connectivity index (χ4v) is 2.13. The third-order valence-electron chi connectivity index (χ3n) is 3.42. The van der Waals surface area contributed by atoms with Crippen LogP contribution in [0.4, 0.5) is 8.78 Å². The molecule has 2 amide bonds. The zero-order chi connectivity index (χ0) is 19.4. The van der Waals surface area contributed by atoms with Crippen LogP contribution in [0.2, 0.25) is 0 Å². The molecule has 0 saturated heterocycles. The molecular formula is C17H12F2N4O4. The first kappa shape index (κ1) is 18.0. The van der Waals surface area contributed by atoms with Gasteiger partial charge in [-0.25, -0.2) is 13.6 Å². The Balaban J connectivity index is 1.63. The van der Waals surface area contributed by atoms with Crippen LogP contribution in [0.1, 0.15) is 10.4 Å². The Morgan fingerprint density at radius 1 is 1.04 bits per heavy atom. The van der Waals surface area contributed by atoms with Gasteiger partial charge in [-0.2, -0.15) is 4.68 Å². The minimum absolute atomic E-state index is 0.0943. The van der Waals surface area contributed by atoms with Gasteiger partial charge in [-0.3, -0.25) is 20.4 Å². The van der Waals surface area contributed by atoms with Crippen LogP contribution in [0, 0.1) is 11.6 Å². The highest BCUT2D eigenvalue weighted by atomic mass is 19.1. The molecule has 10 heteroatoms. The molecule has 0 bridgehead atoms. The molecule has 27 heavy (non-hydrogen) atoms. The van der Waals surface area contributed by atoms with Crippen molar-refractivity contribution >= 4 is 11.8 Å². The van der Waals surface area contributed by atoms with E-state index in [2.05, 4.69) is 5.10 Å². The van der Waals surface area contributed by atoms with Gasteiger partial charge in [0.25, 0.3) is 11.8 Å². The number of nitrogens with one attached hydrogen (secondary N) is 2. The summed E-state index contributed by atoms with van der Waals surface area (Å²) in [6, 6.07) is 10.3. The fourth-order valence-electron chi connectivity index (χ4n) is 2.13. The number of benzene rings is 2. The Hall–Kier alpha value is -3.82. The van der Waals surface area contributed by atoms with Gasteiger partial charge in [0.15, 0.2) is 0 Å². The Morgan fingerprint density at radius 2 is 1.74 bits per heavy atom. The van der Waals surface area contributed by atoms with Crippen LogP contribution in [0.3, 0.4) is 0 Å². The molecule has 0 aliphatic heterocycles. The first-order valence-electron chi connectivity index (χ1n) is 7.61. The fraction of sp³-hybridized carbons (Fsp3) is 0.0588. The average molecular weight is 374 g/mol. The van der Waals surface area contributed by atoms with Crippen molar-refractivity contribution in [2.45, 2.75) is 6.54 Å². The Morgan fingerprint density at radius 3 is 2.44 bits per heavy atom. The molecule has 0 atom stereocenters. The molecule has 0 fully saturated rings. The molecule has 0 radical (unpaired) electrons. The second-order valence-corrected chi connectivity index (χ2v) is 5.32. The molecule has 0 spiro atoms. The standard InChI is InChI=1S/C17H12F2N4O4/c18-11-7-5-10(6-8-11)16-22-23(17(26)27-16)9-14(24)20-21-15(25)12-3-1-2-4-13(12)19/h1-8H,9H2,(H,20,24)(H,21,25). The first-order valence-corrected chi connectivity index (χ1v) is 7.61. The summed E-state index contributed by atoms with van der Waals surface area (Å²) in [5.74, 6) is -3.87. The summed E-state index contributed by atoms with van der Waals surface area (Å²) in [5, 5.41) is 3.83. The molecule has 0 unspecified atom stereocenters. The van der Waals surface area contributed by atoms with E-state index in [1.165, 1.54) is 42.5 Å². The molecule has 138 valence electrons. The Bertz CT molecular complexity index is 1040. The minimum atomic E-state index is -0.912. The number of hydrazine groups is 1. The van der Waals surface area contributed by atoms with Gasteiger partial charge in [-0.1, -0.05) is 12.1 Å². The van der Waals surface area contributed by atoms with Gasteiger partial charge >= 0.3 is 5.76 Å². The first-order chi connectivity index (χ1) is 12.9. The third kappa shape index (κ3) is 4.24. The lowest BCUT2D eigenvalue weighted by molar-refractivity contribution is -0.122. The largest absolute Gasteiger partial charge is 0.437 e. The van der Waals surface area contributed by atoms with E-state index in [1.54, 1.807) is 0 Å². The average Bonchev–Trinajstić information content (AvgIpc) is 3.01. The van der Waals surface area contributed by atoms with Gasteiger partial charge in [0.05, 0.1) is 5.56 Å². The van der Waals surface area contributed by atoms with Gasteiger partial charge < -0.3 is 4.42 Å². The van der Waals surface area contributed by atoms with Crippen molar-refractivity contribution in [3.05, 3.63) is 76.3 Å². The van der Waals surface area contributed by atoms with Crippen LogP contribution < -0.4 is 16.6 Å². The lowest BCUT2D eigenvalue weighted by Crippen LogP contribution is -2.44. The topological polar surface area (TPSA) is 106 Å². The molecule has 2 aromatic carbocycles. The van der Waals surface area contributed by atoms with Crippen LogP contribution in [0.25, 0.3) is 11.5 Å². The van der Waals surface area contributed by atoms with Gasteiger partial charge in [-0.05, 0) is 36.4 Å². The molecule has 8 nitrogen and oxygen atoms in total. The summed E-state index contributed by atoms with van der Waals surface area (Å²) >= 11 is 0. The number of rotatable bonds is 4. The van der Waals surface area contributed by atoms with E-state index in [1.807, 2.05) is 10.9 Å². The van der Waals surface area contributed by atoms with Crippen molar-refractivity contribution < 1.29 is 22.8 Å². The van der Waals surface area contributed by atoms with E-state index in [9.17, 15) is 23.2 Å². The normalized spacial score (nSPS) is 10.4. The lowest BCUT2D eigenvalue weighted by atomic mass is 10.2. The summed E-state index contributed by atoms with van der Waals surface area (Å²) in [5.41, 5.74) is 4.17. The number of amides is 2. The Kier molecular flexibility index (Phi) is 5.06. The lowest BCUT2D eigenvalue weighted by Gasteiger charge is -2.07. The molecule has 0 aliphatic rings. The quantitative estimate of drug-likeness (QED) is 0.669. The van der Waals surface area contributed by atoms with Crippen LogP contribution in [0.15, 0.2) is 57.7 Å². The maximum absolute atomic E-state index is 13.5. The number of carbonyl (C=O) groups excluding carboxylic acids is 2. The maximum atomic E-state index is 13.5. The summed E-state index contributed by atoms with van der Waals surface area (Å²) in [6.07, 6.45) is 0. The summed E-state index contributed by atoms with van der Waals surface area (Å²) in [6.45, 7) is -0.554. The van der Waals surface area contributed by atoms with E-state index in [-0.39, 0.29) is 11.5 Å². The minimum Gasteiger partial charge on any atom is -0.388 e. The number of hydrogen-bond donors (Lipinski definition) is 2. The zero-order valence-electron chi connectivity index (χ0n) is 13.6. The number of nitrogens with zero attached hydrogens (tertiary/aromatic N) is 2. The van der Waals surface area contributed by atoms with Gasteiger partial charge in [-0.15, -0.1) is 5.10 Å². The second-order valence-electron chi connectivity index (χ2n) is 5.32. The van der Waals surface area contributed by atoms with Crippen molar-refractivity contribution in [2.24, 2.45) is 0 Å². The summed E-state index contributed by atoms with van der Waals surface area (Å²) < 4.78 is 32.1. The van der Waals surface area contributed by atoms with Gasteiger partial charge in [0.1, 0.15) is 18.2 Å². The SMILES string of the molecule is O=C(Cn1nc(-c2ccc(F)cc2)oc1=O)NNC(=O)c1ccccc1F. The van der Waals surface area contributed by atoms with Crippen LogP contribution in [-0.4, -0.2) is 21.6 Å². The van der Waals surface area contributed by atoms with Crippen molar-refractivity contribution in [3.8, 4) is 11.5 Å². The summed E-state index contributed by atoms with van der Waals surface area (Å²) in [4.78, 5) is 35.4. The number of aromatic nitrogens is 2. The number of halogens is 2. The van der Waals surface area contributed by atoms with E-state index >= 15 is 0 Å². The highest BCUT2D eigenvalue weighted by Crippen LogP contribution is 2.15. The maximum Gasteiger partial charge on any atom is 0.437 e. The van der Waals surface area contributed by atoms with E-state index < -0.39 is 35.7 Å². The smallest absolute Gasteiger partial charge is 0.388 e. The zero-order valence-corrected chi connectivity index (χ0v) is 13.6. The van der Waals surface area contributed by atoms with Crippen molar-refractivity contribution in [2.75, 3.05) is 0 Å². The predicted octanol–water partition coefficient (Wildman–Crippen LogP) is 1.24. The van der Waals surface area contributed by atoms with Crippen molar-refractivity contribution in [1.29, 1.82) is 0 Å². The van der Waals surface area contributed by atoms with Crippen LogP contribution in [-0.2, 0) is 11.3 Å². The number of hydrogen-bond acceptors (Lipinski definition) is 5. The monoisotopic (exact) mass is 374 g/mol. The molecule has 0 aliphatic carbocycles. The molecule has 3 aromatic rings. The van der Waals surface area contributed by atoms with Crippen molar-refractivity contribution in [1.82, 2.24) is 20.6 Å². The van der Waals surface area contributed by atoms with Gasteiger partial charge in [0, 0.05) is 5.56 Å². The van der Waals surface area contributed by atoms with E-state index in [0.717, 1.165) is 10.7 Å². The summed E-state index contributed by atoms with van der Waals surface area (Å²) in [7, 11) is 0. The Labute approximate surface area is 150 Å². The molecule has 1 aromatic heterocycles. The predicted molar refractivity (Wildman–Crippen MR) is 88.2 cm³/mol. The van der Waals surface area contributed by atoms with E-state index in [4.69, 9.17) is 4.42 Å². The third-order valence-corrected chi connectivity index (χ3v) is 3.42. The number of carbonyl (C=O) groups is 2. The second kappa shape index (κ2) is 7.60. The highest BCUT2D eigenvalue weighted by molar-refractivity contribution is 5.95. The molecule has 3 rings (SSSR count). The molecular weight excluding hydrogens is 362 g/mol. The van der Waals surface area contributed by atoms with Crippen LogP contribution in [0.5, 0.6) is 0 Å². The van der Waals surface area contributed by atoms with Crippen LogP contribution >= 0.6 is 0 Å².